The molecule has 2 aromatic rings. The van der Waals surface area contributed by atoms with Crippen LogP contribution in [-0.2, 0) is 9.59 Å². The minimum absolute atomic E-state index is 0.0250. The van der Waals surface area contributed by atoms with Crippen molar-refractivity contribution >= 4 is 34.0 Å². The molecule has 2 amide bonds. The van der Waals surface area contributed by atoms with Crippen molar-refractivity contribution in [1.29, 1.82) is 0 Å². The van der Waals surface area contributed by atoms with E-state index in [0.29, 0.717) is 24.5 Å². The highest BCUT2D eigenvalue weighted by Crippen LogP contribution is 2.34. The summed E-state index contributed by atoms with van der Waals surface area (Å²) in [6.45, 7) is 2.55. The van der Waals surface area contributed by atoms with Crippen molar-refractivity contribution in [2.75, 3.05) is 16.8 Å². The Balaban J connectivity index is 1.68. The van der Waals surface area contributed by atoms with E-state index in [9.17, 15) is 9.59 Å². The van der Waals surface area contributed by atoms with Crippen LogP contribution in [0.3, 0.4) is 0 Å². The first-order valence-electron chi connectivity index (χ1n) is 7.66. The molecular formula is C16H18N4O2S. The zero-order valence-electron chi connectivity index (χ0n) is 12.9. The van der Waals surface area contributed by atoms with Crippen molar-refractivity contribution in [3.05, 3.63) is 35.3 Å². The second kappa shape index (κ2) is 6.87. The van der Waals surface area contributed by atoms with Crippen LogP contribution in [0.2, 0.25) is 0 Å². The molecule has 0 saturated carbocycles. The van der Waals surface area contributed by atoms with E-state index in [1.807, 2.05) is 37.3 Å². The van der Waals surface area contributed by atoms with Crippen molar-refractivity contribution in [2.45, 2.75) is 32.1 Å². The Kier molecular flexibility index (Phi) is 4.66. The number of nitrogens with zero attached hydrogens (tertiary/aromatic N) is 3. The number of carbonyl (C=O) groups excluding carboxylic acids is 2. The molecule has 0 bridgehead atoms. The molecule has 23 heavy (non-hydrogen) atoms. The summed E-state index contributed by atoms with van der Waals surface area (Å²) in [5.41, 5.74) is 0.904. The van der Waals surface area contributed by atoms with Gasteiger partial charge in [-0.1, -0.05) is 36.5 Å². The highest BCUT2D eigenvalue weighted by Gasteiger charge is 2.33. The van der Waals surface area contributed by atoms with Gasteiger partial charge >= 0.3 is 0 Å². The summed E-state index contributed by atoms with van der Waals surface area (Å²) in [5, 5.41) is 12.2. The second-order valence-electron chi connectivity index (χ2n) is 5.48. The monoisotopic (exact) mass is 330 g/mol. The van der Waals surface area contributed by atoms with Crippen LogP contribution in [0, 0.1) is 0 Å². The molecule has 1 aromatic heterocycles. The van der Waals surface area contributed by atoms with Crippen LogP contribution < -0.4 is 10.2 Å². The van der Waals surface area contributed by atoms with E-state index in [1.54, 1.807) is 4.90 Å². The van der Waals surface area contributed by atoms with Crippen LogP contribution in [0.25, 0.3) is 0 Å². The van der Waals surface area contributed by atoms with Gasteiger partial charge in [-0.2, -0.15) is 0 Å². The maximum absolute atomic E-state index is 12.2. The Morgan fingerprint density at radius 1 is 1.35 bits per heavy atom. The Morgan fingerprint density at radius 2 is 2.13 bits per heavy atom. The predicted octanol–water partition coefficient (Wildman–Crippen LogP) is 2.80. The molecule has 2 heterocycles. The molecule has 1 aliphatic heterocycles. The van der Waals surface area contributed by atoms with E-state index in [1.165, 1.54) is 11.3 Å². The van der Waals surface area contributed by atoms with Crippen molar-refractivity contribution in [3.8, 4) is 0 Å². The number of hydrogen-bond acceptors (Lipinski definition) is 5. The van der Waals surface area contributed by atoms with Gasteiger partial charge in [-0.05, 0) is 18.6 Å². The smallest absolute Gasteiger partial charge is 0.227 e. The van der Waals surface area contributed by atoms with Crippen LogP contribution in [0.5, 0.6) is 0 Å². The molecule has 1 aliphatic rings. The second-order valence-corrected chi connectivity index (χ2v) is 6.49. The lowest BCUT2D eigenvalue weighted by Gasteiger charge is -2.15. The first kappa shape index (κ1) is 15.6. The molecule has 1 saturated heterocycles. The number of carbonyl (C=O) groups is 2. The summed E-state index contributed by atoms with van der Waals surface area (Å²) >= 11 is 1.35. The molecule has 1 aromatic carbocycles. The van der Waals surface area contributed by atoms with Crippen molar-refractivity contribution in [1.82, 2.24) is 10.2 Å². The number of anilines is 2. The topological polar surface area (TPSA) is 75.2 Å². The van der Waals surface area contributed by atoms with Gasteiger partial charge in [0.05, 0.1) is 0 Å². The van der Waals surface area contributed by atoms with Gasteiger partial charge in [0.15, 0.2) is 0 Å². The molecule has 0 radical (unpaired) electrons. The fourth-order valence-corrected chi connectivity index (χ4v) is 3.44. The fourth-order valence-electron chi connectivity index (χ4n) is 2.59. The number of benzene rings is 1. The molecule has 0 spiro atoms. The van der Waals surface area contributed by atoms with Gasteiger partial charge in [-0.15, -0.1) is 10.2 Å². The minimum atomic E-state index is -0.0522. The normalized spacial score (nSPS) is 17.5. The van der Waals surface area contributed by atoms with Crippen LogP contribution in [0.4, 0.5) is 10.8 Å². The van der Waals surface area contributed by atoms with E-state index in [4.69, 9.17) is 0 Å². The highest BCUT2D eigenvalue weighted by molar-refractivity contribution is 7.15. The molecular weight excluding hydrogens is 312 g/mol. The first-order valence-corrected chi connectivity index (χ1v) is 8.47. The summed E-state index contributed by atoms with van der Waals surface area (Å²) in [6, 6.07) is 9.62. The summed E-state index contributed by atoms with van der Waals surface area (Å²) in [6.07, 6.45) is 1.69. The van der Waals surface area contributed by atoms with Gasteiger partial charge in [-0.3, -0.25) is 9.59 Å². The lowest BCUT2D eigenvalue weighted by Crippen LogP contribution is -2.24. The Labute approximate surface area is 138 Å². The lowest BCUT2D eigenvalue weighted by atomic mass is 10.1. The van der Waals surface area contributed by atoms with Gasteiger partial charge in [0.1, 0.15) is 5.01 Å². The molecule has 1 atom stereocenters. The van der Waals surface area contributed by atoms with Gasteiger partial charge in [0, 0.05) is 31.0 Å². The number of amides is 2. The number of rotatable bonds is 5. The lowest BCUT2D eigenvalue weighted by molar-refractivity contribution is -0.117. The Hall–Kier alpha value is -2.28. The highest BCUT2D eigenvalue weighted by atomic mass is 32.1. The molecule has 1 N–H and O–H groups in total. The van der Waals surface area contributed by atoms with Crippen LogP contribution in [0.15, 0.2) is 30.3 Å². The standard InChI is InChI=1S/C16H18N4O2S/c1-2-6-13(21)17-16-19-18-15(23-16)11-9-14(22)20(10-11)12-7-4-3-5-8-12/h3-5,7-8,11H,2,6,9-10H2,1H3,(H,17,19,21)/t11-/m1/s1. The third kappa shape index (κ3) is 3.56. The molecule has 7 heteroatoms. The van der Waals surface area contributed by atoms with Crippen molar-refractivity contribution in [2.24, 2.45) is 0 Å². The average Bonchev–Trinajstić information content (AvgIpc) is 3.15. The zero-order chi connectivity index (χ0) is 16.2. The van der Waals surface area contributed by atoms with Crippen LogP contribution >= 0.6 is 11.3 Å². The SMILES string of the molecule is CCCC(=O)Nc1nnc([C@@H]2CC(=O)N(c3ccccc3)C2)s1. The molecule has 1 fully saturated rings. The maximum Gasteiger partial charge on any atom is 0.227 e. The number of hydrogen-bond donors (Lipinski definition) is 1. The minimum Gasteiger partial charge on any atom is -0.312 e. The van der Waals surface area contributed by atoms with Gasteiger partial charge in [0.25, 0.3) is 0 Å². The van der Waals surface area contributed by atoms with Crippen molar-refractivity contribution in [3.63, 3.8) is 0 Å². The van der Waals surface area contributed by atoms with E-state index < -0.39 is 0 Å². The average molecular weight is 330 g/mol. The van der Waals surface area contributed by atoms with Gasteiger partial charge in [-0.25, -0.2) is 0 Å². The molecule has 3 rings (SSSR count). The number of para-hydroxylation sites is 1. The molecule has 0 aliphatic carbocycles. The van der Waals surface area contributed by atoms with Gasteiger partial charge in [0.2, 0.25) is 16.9 Å². The largest absolute Gasteiger partial charge is 0.312 e. The van der Waals surface area contributed by atoms with Crippen LogP contribution in [0.1, 0.15) is 37.1 Å². The van der Waals surface area contributed by atoms with E-state index >= 15 is 0 Å². The predicted molar refractivity (Wildman–Crippen MR) is 89.6 cm³/mol. The summed E-state index contributed by atoms with van der Waals surface area (Å²) in [4.78, 5) is 25.6. The number of nitrogens with one attached hydrogen (secondary N) is 1. The van der Waals surface area contributed by atoms with Crippen molar-refractivity contribution < 1.29 is 9.59 Å². The van der Waals surface area contributed by atoms with E-state index in [0.717, 1.165) is 17.1 Å². The quantitative estimate of drug-likeness (QED) is 0.915. The third-order valence-corrected chi connectivity index (χ3v) is 4.71. The summed E-state index contributed by atoms with van der Waals surface area (Å²) in [7, 11) is 0. The molecule has 0 unspecified atom stereocenters. The molecule has 6 nitrogen and oxygen atoms in total. The summed E-state index contributed by atoms with van der Waals surface area (Å²) in [5.74, 6) is 0.0635. The Morgan fingerprint density at radius 3 is 2.87 bits per heavy atom. The summed E-state index contributed by atoms with van der Waals surface area (Å²) < 4.78 is 0. The third-order valence-electron chi connectivity index (χ3n) is 3.71. The first-order chi connectivity index (χ1) is 11.2. The number of aromatic nitrogens is 2. The fraction of sp³-hybridized carbons (Fsp3) is 0.375. The van der Waals surface area contributed by atoms with E-state index in [2.05, 4.69) is 15.5 Å². The molecule has 120 valence electrons. The maximum atomic E-state index is 12.2. The van der Waals surface area contributed by atoms with E-state index in [-0.39, 0.29) is 17.7 Å². The van der Waals surface area contributed by atoms with Gasteiger partial charge < -0.3 is 10.2 Å². The Bertz CT molecular complexity index is 701. The van der Waals surface area contributed by atoms with Crippen LogP contribution in [-0.4, -0.2) is 28.6 Å². The zero-order valence-corrected chi connectivity index (χ0v) is 13.7.